The van der Waals surface area contributed by atoms with Crippen LogP contribution in [0.1, 0.15) is 15.9 Å². The molecule has 5 heteroatoms. The fourth-order valence-corrected chi connectivity index (χ4v) is 1.09. The van der Waals surface area contributed by atoms with Gasteiger partial charge in [-0.25, -0.2) is 4.39 Å². The Hall–Kier alpha value is -1.20. The number of hydrogen-bond acceptors (Lipinski definition) is 3. The van der Waals surface area contributed by atoms with E-state index in [-0.39, 0.29) is 11.0 Å². The van der Waals surface area contributed by atoms with E-state index in [0.29, 0.717) is 11.8 Å². The van der Waals surface area contributed by atoms with Crippen molar-refractivity contribution in [2.75, 3.05) is 0 Å². The maximum Gasteiger partial charge on any atom is 0.488 e. The third kappa shape index (κ3) is 1.94. The van der Waals surface area contributed by atoms with Gasteiger partial charge in [0.2, 0.25) is 0 Å². The molecule has 3 nitrogen and oxygen atoms in total. The molecule has 0 saturated heterocycles. The van der Waals surface area contributed by atoms with Crippen molar-refractivity contribution in [3.63, 3.8) is 0 Å². The zero-order valence-corrected chi connectivity index (χ0v) is 6.99. The van der Waals surface area contributed by atoms with Gasteiger partial charge in [0.15, 0.2) is 6.29 Å². The second-order valence-electron chi connectivity index (χ2n) is 2.72. The lowest BCUT2D eigenvalue weighted by Crippen LogP contribution is -2.32. The first-order valence-electron chi connectivity index (χ1n) is 3.67. The normalized spacial score (nSPS) is 9.85. The van der Waals surface area contributed by atoms with Crippen molar-refractivity contribution >= 4 is 18.9 Å². The van der Waals surface area contributed by atoms with Gasteiger partial charge in [0.05, 0.1) is 5.56 Å². The Morgan fingerprint density at radius 2 is 2.08 bits per heavy atom. The van der Waals surface area contributed by atoms with Crippen molar-refractivity contribution in [1.29, 1.82) is 0 Å². The zero-order valence-electron chi connectivity index (χ0n) is 6.99. The lowest BCUT2D eigenvalue weighted by Gasteiger charge is -2.05. The number of benzene rings is 1. The van der Waals surface area contributed by atoms with E-state index in [1.54, 1.807) is 6.92 Å². The molecule has 1 rings (SSSR count). The van der Waals surface area contributed by atoms with Crippen LogP contribution in [0.3, 0.4) is 0 Å². The predicted molar refractivity (Wildman–Crippen MR) is 46.4 cm³/mol. The van der Waals surface area contributed by atoms with E-state index in [2.05, 4.69) is 0 Å². The summed E-state index contributed by atoms with van der Waals surface area (Å²) in [6.45, 7) is 1.57. The fraction of sp³-hybridized carbons (Fsp3) is 0.125. The van der Waals surface area contributed by atoms with Crippen molar-refractivity contribution in [2.45, 2.75) is 6.92 Å². The summed E-state index contributed by atoms with van der Waals surface area (Å²) in [4.78, 5) is 10.3. The quantitative estimate of drug-likeness (QED) is 0.484. The number of hydrogen-bond donors (Lipinski definition) is 2. The Balaban J connectivity index is 3.28. The summed E-state index contributed by atoms with van der Waals surface area (Å²) in [6.07, 6.45) is 0.385. The van der Waals surface area contributed by atoms with E-state index in [1.165, 1.54) is 6.07 Å². The maximum absolute atomic E-state index is 12.9. The smallest absolute Gasteiger partial charge is 0.423 e. The van der Waals surface area contributed by atoms with Crippen LogP contribution in [0.4, 0.5) is 4.39 Å². The molecule has 0 heterocycles. The van der Waals surface area contributed by atoms with Gasteiger partial charge < -0.3 is 10.0 Å². The third-order valence-electron chi connectivity index (χ3n) is 1.79. The van der Waals surface area contributed by atoms with Gasteiger partial charge in [-0.15, -0.1) is 0 Å². The van der Waals surface area contributed by atoms with Gasteiger partial charge in [-0.2, -0.15) is 0 Å². The lowest BCUT2D eigenvalue weighted by molar-refractivity contribution is 0.111. The zero-order chi connectivity index (χ0) is 10.0. The minimum absolute atomic E-state index is 0.0723. The lowest BCUT2D eigenvalue weighted by atomic mass is 9.77. The van der Waals surface area contributed by atoms with E-state index in [4.69, 9.17) is 10.0 Å². The molecule has 0 spiro atoms. The Labute approximate surface area is 75.0 Å². The number of aldehydes is 1. The van der Waals surface area contributed by atoms with Crippen molar-refractivity contribution in [2.24, 2.45) is 0 Å². The van der Waals surface area contributed by atoms with Crippen LogP contribution >= 0.6 is 0 Å². The SMILES string of the molecule is Cc1cc(C=O)c(F)cc1B(O)O. The van der Waals surface area contributed by atoms with Crippen molar-refractivity contribution in [3.05, 3.63) is 29.1 Å². The molecule has 0 aromatic heterocycles. The highest BCUT2D eigenvalue weighted by Gasteiger charge is 2.16. The average Bonchev–Trinajstić information content (AvgIpc) is 2.07. The van der Waals surface area contributed by atoms with Crippen LogP contribution in [0.25, 0.3) is 0 Å². The molecule has 0 aliphatic carbocycles. The number of carbonyl (C=O) groups is 1. The van der Waals surface area contributed by atoms with Crippen LogP contribution in [0.15, 0.2) is 12.1 Å². The summed E-state index contributed by atoms with van der Waals surface area (Å²) in [5.41, 5.74) is 0.462. The van der Waals surface area contributed by atoms with Crippen LogP contribution in [0, 0.1) is 12.7 Å². The van der Waals surface area contributed by atoms with Crippen molar-refractivity contribution in [3.8, 4) is 0 Å². The van der Waals surface area contributed by atoms with E-state index >= 15 is 0 Å². The molecular weight excluding hydrogens is 174 g/mol. The molecule has 68 valence electrons. The Morgan fingerprint density at radius 1 is 1.46 bits per heavy atom. The van der Waals surface area contributed by atoms with Gasteiger partial charge in [-0.1, -0.05) is 5.56 Å². The first-order chi connectivity index (χ1) is 6.06. The van der Waals surface area contributed by atoms with E-state index in [1.807, 2.05) is 0 Å². The van der Waals surface area contributed by atoms with Gasteiger partial charge in [0.25, 0.3) is 0 Å². The number of halogens is 1. The van der Waals surface area contributed by atoms with Gasteiger partial charge in [-0.05, 0) is 24.5 Å². The molecule has 13 heavy (non-hydrogen) atoms. The Bertz CT molecular complexity index is 338. The van der Waals surface area contributed by atoms with E-state index in [9.17, 15) is 9.18 Å². The molecule has 1 aromatic rings. The highest BCUT2D eigenvalue weighted by atomic mass is 19.1. The molecule has 0 radical (unpaired) electrons. The van der Waals surface area contributed by atoms with E-state index in [0.717, 1.165) is 6.07 Å². The second kappa shape index (κ2) is 3.68. The molecule has 0 atom stereocenters. The second-order valence-corrected chi connectivity index (χ2v) is 2.72. The van der Waals surface area contributed by atoms with Crippen molar-refractivity contribution < 1.29 is 19.2 Å². The van der Waals surface area contributed by atoms with Gasteiger partial charge in [-0.3, -0.25) is 4.79 Å². The summed E-state index contributed by atoms with van der Waals surface area (Å²) in [6, 6.07) is 2.22. The van der Waals surface area contributed by atoms with Crippen LogP contribution in [0.2, 0.25) is 0 Å². The number of carbonyl (C=O) groups excluding carboxylic acids is 1. The van der Waals surface area contributed by atoms with Crippen LogP contribution in [-0.4, -0.2) is 23.5 Å². The molecule has 0 amide bonds. The molecule has 0 bridgehead atoms. The van der Waals surface area contributed by atoms with Crippen LogP contribution in [-0.2, 0) is 0 Å². The summed E-state index contributed by atoms with van der Waals surface area (Å²) in [7, 11) is -1.71. The Morgan fingerprint density at radius 3 is 2.54 bits per heavy atom. The summed E-state index contributed by atoms with van der Waals surface area (Å²) < 4.78 is 12.9. The Kier molecular flexibility index (Phi) is 2.80. The topological polar surface area (TPSA) is 57.5 Å². The minimum Gasteiger partial charge on any atom is -0.423 e. The van der Waals surface area contributed by atoms with Gasteiger partial charge in [0, 0.05) is 0 Å². The molecule has 1 aromatic carbocycles. The first-order valence-corrected chi connectivity index (χ1v) is 3.67. The molecule has 2 N–H and O–H groups in total. The maximum atomic E-state index is 12.9. The number of rotatable bonds is 2. The standard InChI is InChI=1S/C8H8BFO3/c1-5-2-6(4-11)8(10)3-7(5)9(12)13/h2-4,12-13H,1H3. The largest absolute Gasteiger partial charge is 0.488 e. The molecular formula is C8H8BFO3. The number of aryl methyl sites for hydroxylation is 1. The third-order valence-corrected chi connectivity index (χ3v) is 1.79. The molecule has 0 aliphatic rings. The highest BCUT2D eigenvalue weighted by Crippen LogP contribution is 2.06. The first kappa shape index (κ1) is 9.89. The van der Waals surface area contributed by atoms with Crippen LogP contribution in [0.5, 0.6) is 0 Å². The molecule has 0 aliphatic heterocycles. The summed E-state index contributed by atoms with van der Waals surface area (Å²) >= 11 is 0. The molecule has 0 saturated carbocycles. The van der Waals surface area contributed by atoms with Crippen LogP contribution < -0.4 is 5.46 Å². The average molecular weight is 182 g/mol. The molecule has 0 fully saturated rings. The van der Waals surface area contributed by atoms with Crippen molar-refractivity contribution in [1.82, 2.24) is 0 Å². The minimum atomic E-state index is -1.71. The summed E-state index contributed by atoms with van der Waals surface area (Å²) in [5.74, 6) is -0.747. The fourth-order valence-electron chi connectivity index (χ4n) is 1.09. The highest BCUT2D eigenvalue weighted by molar-refractivity contribution is 6.59. The van der Waals surface area contributed by atoms with E-state index < -0.39 is 12.9 Å². The van der Waals surface area contributed by atoms with Gasteiger partial charge in [0.1, 0.15) is 5.82 Å². The monoisotopic (exact) mass is 182 g/mol. The predicted octanol–water partition coefficient (Wildman–Crippen LogP) is -0.374. The summed E-state index contributed by atoms with van der Waals surface area (Å²) in [5, 5.41) is 17.6. The molecule has 0 unspecified atom stereocenters. The van der Waals surface area contributed by atoms with Gasteiger partial charge >= 0.3 is 7.12 Å².